The maximum absolute atomic E-state index is 13.3. The number of hydrogen-bond donors (Lipinski definition) is 0. The van der Waals surface area contributed by atoms with Crippen LogP contribution in [0.4, 0.5) is 0 Å². The van der Waals surface area contributed by atoms with E-state index in [-0.39, 0.29) is 11.9 Å². The molecule has 2 atom stereocenters. The van der Waals surface area contributed by atoms with E-state index >= 15 is 0 Å². The first-order valence-corrected chi connectivity index (χ1v) is 12.8. The lowest BCUT2D eigenvalue weighted by Gasteiger charge is -2.24. The van der Waals surface area contributed by atoms with Crippen molar-refractivity contribution in [2.75, 3.05) is 13.7 Å². The van der Waals surface area contributed by atoms with Crippen LogP contribution in [0.3, 0.4) is 0 Å². The van der Waals surface area contributed by atoms with Crippen molar-refractivity contribution in [3.63, 3.8) is 0 Å². The first kappa shape index (κ1) is 24.7. The molecule has 0 N–H and O–H groups in total. The smallest absolute Gasteiger partial charge is 0.334 e. The molecule has 1 fully saturated rings. The lowest BCUT2D eigenvalue weighted by atomic mass is 10.0. The highest BCUT2D eigenvalue weighted by Gasteiger charge is 2.62. The molecule has 186 valence electrons. The van der Waals surface area contributed by atoms with Gasteiger partial charge >= 0.3 is 5.97 Å². The molecular formula is C33H32N2O2. The molecule has 4 aromatic carbocycles. The van der Waals surface area contributed by atoms with Crippen LogP contribution in [0.5, 0.6) is 0 Å². The lowest BCUT2D eigenvalue weighted by Crippen LogP contribution is -2.32. The van der Waals surface area contributed by atoms with E-state index in [1.807, 2.05) is 72.8 Å². The predicted octanol–water partition coefficient (Wildman–Crippen LogP) is 6.16. The van der Waals surface area contributed by atoms with Crippen LogP contribution in [0.1, 0.15) is 28.7 Å². The van der Waals surface area contributed by atoms with Crippen molar-refractivity contribution in [3.8, 4) is 0 Å². The van der Waals surface area contributed by atoms with Crippen molar-refractivity contribution in [3.05, 3.63) is 144 Å². The number of nitrogens with zero attached hydrogens (tertiary/aromatic N) is 2. The van der Waals surface area contributed by atoms with E-state index in [2.05, 4.69) is 53.4 Å². The zero-order chi connectivity index (χ0) is 25.5. The molecule has 1 aliphatic rings. The molecule has 0 aliphatic heterocycles. The monoisotopic (exact) mass is 488 g/mol. The quantitative estimate of drug-likeness (QED) is 0.198. The number of carbonyl (C=O) groups excluding carboxylic acids is 1. The fourth-order valence-corrected chi connectivity index (χ4v) is 5.01. The summed E-state index contributed by atoms with van der Waals surface area (Å²) in [6.07, 6.45) is 0.670. The minimum atomic E-state index is -0.888. The minimum absolute atomic E-state index is 0.0646. The van der Waals surface area contributed by atoms with Gasteiger partial charge in [-0.2, -0.15) is 0 Å². The standard InChI is InChI=1S/C33H32N2O2/c1-37-32(36)33(34-31(28-18-10-4-11-19-28)29-20-12-5-13-21-29)22-30(33)25-35(23-26-14-6-2-7-15-26)24-27-16-8-3-9-17-27/h2-21,30H,22-25H2,1H3/t30-,33-/m1/s1. The molecule has 4 aromatic rings. The van der Waals surface area contributed by atoms with E-state index < -0.39 is 5.54 Å². The second-order valence-corrected chi connectivity index (χ2v) is 9.65. The zero-order valence-electron chi connectivity index (χ0n) is 21.2. The number of rotatable bonds is 10. The van der Waals surface area contributed by atoms with E-state index in [9.17, 15) is 4.79 Å². The average molecular weight is 489 g/mol. The topological polar surface area (TPSA) is 41.9 Å². The molecule has 1 aliphatic carbocycles. The summed E-state index contributed by atoms with van der Waals surface area (Å²) in [5.74, 6) is -0.198. The van der Waals surface area contributed by atoms with Gasteiger partial charge in [0.05, 0.1) is 12.8 Å². The predicted molar refractivity (Wildman–Crippen MR) is 148 cm³/mol. The van der Waals surface area contributed by atoms with E-state index in [1.54, 1.807) is 0 Å². The van der Waals surface area contributed by atoms with E-state index in [0.29, 0.717) is 6.42 Å². The van der Waals surface area contributed by atoms with Gasteiger partial charge in [0, 0.05) is 36.7 Å². The van der Waals surface area contributed by atoms with Gasteiger partial charge in [0.2, 0.25) is 0 Å². The Morgan fingerprint density at radius 3 is 1.62 bits per heavy atom. The van der Waals surface area contributed by atoms with Crippen molar-refractivity contribution in [2.24, 2.45) is 10.9 Å². The Morgan fingerprint density at radius 1 is 0.757 bits per heavy atom. The summed E-state index contributed by atoms with van der Waals surface area (Å²) < 4.78 is 5.33. The fraction of sp³-hybridized carbons (Fsp3) is 0.212. The van der Waals surface area contributed by atoms with Gasteiger partial charge in [0.15, 0.2) is 5.54 Å². The minimum Gasteiger partial charge on any atom is -0.467 e. The van der Waals surface area contributed by atoms with Crippen molar-refractivity contribution >= 4 is 11.7 Å². The molecule has 0 bridgehead atoms. The maximum Gasteiger partial charge on any atom is 0.334 e. The summed E-state index contributed by atoms with van der Waals surface area (Å²) in [7, 11) is 1.46. The summed E-state index contributed by atoms with van der Waals surface area (Å²) in [6.45, 7) is 2.36. The van der Waals surface area contributed by atoms with Crippen LogP contribution < -0.4 is 0 Å². The van der Waals surface area contributed by atoms with Gasteiger partial charge < -0.3 is 4.74 Å². The molecule has 4 nitrogen and oxygen atoms in total. The average Bonchev–Trinajstić information content (AvgIpc) is 3.66. The second kappa shape index (κ2) is 11.4. The number of hydrogen-bond acceptors (Lipinski definition) is 4. The fourth-order valence-electron chi connectivity index (χ4n) is 5.01. The molecule has 4 heteroatoms. The van der Waals surface area contributed by atoms with E-state index in [0.717, 1.165) is 36.5 Å². The normalized spacial score (nSPS) is 18.3. The summed E-state index contributed by atoms with van der Waals surface area (Å²) in [5.41, 5.74) is 4.43. The van der Waals surface area contributed by atoms with Crippen molar-refractivity contribution < 1.29 is 9.53 Å². The van der Waals surface area contributed by atoms with Gasteiger partial charge in [0.25, 0.3) is 0 Å². The van der Waals surface area contributed by atoms with Gasteiger partial charge in [-0.05, 0) is 17.5 Å². The molecular weight excluding hydrogens is 456 g/mol. The van der Waals surface area contributed by atoms with Crippen LogP contribution in [0.15, 0.2) is 126 Å². The number of ether oxygens (including phenoxy) is 1. The summed E-state index contributed by atoms with van der Waals surface area (Å²) in [5, 5.41) is 0. The zero-order valence-corrected chi connectivity index (χ0v) is 21.2. The van der Waals surface area contributed by atoms with Crippen LogP contribution >= 0.6 is 0 Å². The molecule has 0 radical (unpaired) electrons. The van der Waals surface area contributed by atoms with E-state index in [4.69, 9.17) is 9.73 Å². The first-order chi connectivity index (χ1) is 18.2. The number of aliphatic imine (C=N–C) groups is 1. The van der Waals surface area contributed by atoms with Crippen LogP contribution in [-0.2, 0) is 22.6 Å². The molecule has 37 heavy (non-hydrogen) atoms. The van der Waals surface area contributed by atoms with Crippen LogP contribution in [0.25, 0.3) is 0 Å². The second-order valence-electron chi connectivity index (χ2n) is 9.65. The Bertz CT molecular complexity index is 1240. The van der Waals surface area contributed by atoms with Crippen molar-refractivity contribution in [1.29, 1.82) is 0 Å². The van der Waals surface area contributed by atoms with E-state index in [1.165, 1.54) is 18.2 Å². The molecule has 0 amide bonds. The highest BCUT2D eigenvalue weighted by Crippen LogP contribution is 2.49. The Hall–Kier alpha value is -4.02. The Labute approximate surface area is 219 Å². The highest BCUT2D eigenvalue weighted by molar-refractivity contribution is 6.14. The molecule has 1 saturated carbocycles. The molecule has 0 aromatic heterocycles. The number of methoxy groups -OCH3 is 1. The third-order valence-corrected chi connectivity index (χ3v) is 6.99. The molecule has 5 rings (SSSR count). The number of esters is 1. The molecule has 0 unspecified atom stereocenters. The first-order valence-electron chi connectivity index (χ1n) is 12.8. The van der Waals surface area contributed by atoms with Crippen LogP contribution in [0.2, 0.25) is 0 Å². The molecule has 0 saturated heterocycles. The maximum atomic E-state index is 13.3. The van der Waals surface area contributed by atoms with Gasteiger partial charge in [-0.15, -0.1) is 0 Å². The Balaban J connectivity index is 1.47. The largest absolute Gasteiger partial charge is 0.467 e. The van der Waals surface area contributed by atoms with Gasteiger partial charge in [-0.3, -0.25) is 9.89 Å². The van der Waals surface area contributed by atoms with Gasteiger partial charge in [-0.25, -0.2) is 4.79 Å². The lowest BCUT2D eigenvalue weighted by molar-refractivity contribution is -0.143. The third kappa shape index (κ3) is 5.87. The molecule has 0 spiro atoms. The SMILES string of the molecule is COC(=O)[C@@]1(N=C(c2ccccc2)c2ccccc2)C[C@@H]1CN(Cc1ccccc1)Cc1ccccc1. The van der Waals surface area contributed by atoms with Crippen LogP contribution in [0, 0.1) is 5.92 Å². The molecule has 0 heterocycles. The van der Waals surface area contributed by atoms with Crippen LogP contribution in [-0.4, -0.2) is 35.8 Å². The Kier molecular flexibility index (Phi) is 7.57. The summed E-state index contributed by atoms with van der Waals surface area (Å²) in [6, 6.07) is 41.2. The van der Waals surface area contributed by atoms with Gasteiger partial charge in [0.1, 0.15) is 0 Å². The highest BCUT2D eigenvalue weighted by atomic mass is 16.5. The Morgan fingerprint density at radius 2 is 1.19 bits per heavy atom. The van der Waals surface area contributed by atoms with Crippen molar-refractivity contribution in [1.82, 2.24) is 4.90 Å². The van der Waals surface area contributed by atoms with Crippen molar-refractivity contribution in [2.45, 2.75) is 25.0 Å². The van der Waals surface area contributed by atoms with Gasteiger partial charge in [-0.1, -0.05) is 121 Å². The summed E-state index contributed by atoms with van der Waals surface area (Å²) >= 11 is 0. The number of carbonyl (C=O) groups is 1. The number of benzene rings is 4. The third-order valence-electron chi connectivity index (χ3n) is 6.99. The summed E-state index contributed by atoms with van der Waals surface area (Å²) in [4.78, 5) is 20.9.